The molecule has 4 aromatic heterocycles. The number of piperidine rings is 1. The number of nitriles is 1. The topological polar surface area (TPSA) is 293 Å². The number of aliphatic hydroxyl groups excluding tert-OH is 1. The minimum Gasteiger partial charge on any atom is -0.457 e. The SMILES string of the molecule is Cc1ncsc1-c1ccc(CNC(=O)[C@@H]2C[C@@H](O)CN2C(=O)[C@@H](NC(=O)OCCOCCOCCn2cc(CC/C=C(/C#N)C(=O)N3CCC[C@@H](n4nc(-c5ccc(Oc6ccccc6)cc5)c5c(N)ncnc54)C3)nn2)C(C)(C)C)cc1. The normalized spacial score (nSPS) is 16.8. The van der Waals surface area contributed by atoms with E-state index in [9.17, 15) is 29.5 Å². The lowest BCUT2D eigenvalue weighted by atomic mass is 9.85. The molecule has 0 radical (unpaired) electrons. The Morgan fingerprint density at radius 2 is 1.66 bits per heavy atom. The second kappa shape index (κ2) is 27.4. The molecule has 2 fully saturated rings. The number of nitrogens with two attached hydrogens (primary N) is 1. The number of alkyl carbamates (subject to hydrolysis) is 1. The van der Waals surface area contributed by atoms with E-state index in [0.717, 1.165) is 39.4 Å². The average molecular weight is 1150 g/mol. The van der Waals surface area contributed by atoms with Crippen molar-refractivity contribution in [3.63, 3.8) is 0 Å². The van der Waals surface area contributed by atoms with Gasteiger partial charge in [-0.25, -0.2) is 29.1 Å². The number of hydrogen-bond acceptors (Lipinski definition) is 18. The summed E-state index contributed by atoms with van der Waals surface area (Å²) < 4.78 is 26.1. The molecule has 0 spiro atoms. The molecule has 0 unspecified atom stereocenters. The molecule has 6 heterocycles. The van der Waals surface area contributed by atoms with Gasteiger partial charge in [0, 0.05) is 44.4 Å². The predicted molar refractivity (Wildman–Crippen MR) is 308 cm³/mol. The Morgan fingerprint density at radius 3 is 2.40 bits per heavy atom. The van der Waals surface area contributed by atoms with Gasteiger partial charge in [-0.1, -0.05) is 74.5 Å². The Bertz CT molecular complexity index is 3430. The number of aromatic nitrogens is 8. The number of β-amino-alcohol motifs (C(OH)–C–C–N with tert-alkyl or cyclic N) is 1. The fraction of sp³-hybridized carbons (Fsp3) is 0.407. The van der Waals surface area contributed by atoms with Crippen LogP contribution in [0.5, 0.6) is 11.5 Å². The van der Waals surface area contributed by atoms with E-state index in [1.165, 1.54) is 11.2 Å². The van der Waals surface area contributed by atoms with Crippen LogP contribution >= 0.6 is 11.3 Å². The number of hydrogen-bond donors (Lipinski definition) is 4. The number of fused-ring (bicyclic) bond motifs is 1. The number of aryl methyl sites for hydroxylation is 2. The number of aliphatic hydroxyl groups is 1. The Balaban J connectivity index is 0.664. The third-order valence-electron chi connectivity index (χ3n) is 14.3. The van der Waals surface area contributed by atoms with E-state index >= 15 is 0 Å². The number of likely N-dealkylation sites (tertiary alicyclic amines) is 2. The van der Waals surface area contributed by atoms with E-state index in [4.69, 9.17) is 29.8 Å². The summed E-state index contributed by atoms with van der Waals surface area (Å²) in [4.78, 5) is 71.4. The van der Waals surface area contributed by atoms with Gasteiger partial charge in [0.2, 0.25) is 11.8 Å². The highest BCUT2D eigenvalue weighted by Gasteiger charge is 2.45. The number of amides is 4. The highest BCUT2D eigenvalue weighted by atomic mass is 32.1. The van der Waals surface area contributed by atoms with Crippen molar-refractivity contribution in [2.75, 3.05) is 58.4 Å². The molecule has 83 heavy (non-hydrogen) atoms. The summed E-state index contributed by atoms with van der Waals surface area (Å²) in [7, 11) is 0. The van der Waals surface area contributed by atoms with E-state index in [1.807, 2.05) is 90.5 Å². The molecule has 23 nitrogen and oxygen atoms in total. The van der Waals surface area contributed by atoms with Crippen LogP contribution in [0.4, 0.5) is 10.6 Å². The lowest BCUT2D eigenvalue weighted by molar-refractivity contribution is -0.142. The summed E-state index contributed by atoms with van der Waals surface area (Å²) in [5.74, 6) is 0.431. The molecule has 5 N–H and O–H groups in total. The van der Waals surface area contributed by atoms with Gasteiger partial charge in [0.15, 0.2) is 5.65 Å². The third-order valence-corrected chi connectivity index (χ3v) is 15.3. The molecule has 24 heteroatoms. The molecule has 2 saturated heterocycles. The zero-order valence-corrected chi connectivity index (χ0v) is 47.7. The largest absolute Gasteiger partial charge is 0.457 e. The molecular formula is C59H68N14O9S. The molecule has 2 aliphatic heterocycles. The molecule has 2 aliphatic rings. The predicted octanol–water partition coefficient (Wildman–Crippen LogP) is 6.59. The number of ether oxygens (including phenoxy) is 4. The van der Waals surface area contributed by atoms with Crippen molar-refractivity contribution in [1.82, 2.24) is 60.2 Å². The number of thiazole rings is 1. The van der Waals surface area contributed by atoms with Crippen molar-refractivity contribution < 1.29 is 43.2 Å². The lowest BCUT2D eigenvalue weighted by Gasteiger charge is -2.35. The summed E-state index contributed by atoms with van der Waals surface area (Å²) in [6, 6.07) is 24.8. The third kappa shape index (κ3) is 15.1. The Labute approximate surface area is 484 Å². The number of nitrogen functional groups attached to an aromatic ring is 1. The average Bonchev–Trinajstić information content (AvgIpc) is 4.38. The molecule has 4 amide bonds. The van der Waals surface area contributed by atoms with Crippen LogP contribution in [0.3, 0.4) is 0 Å². The van der Waals surface area contributed by atoms with Crippen LogP contribution in [0.2, 0.25) is 0 Å². The molecule has 0 aliphatic carbocycles. The molecule has 7 aromatic rings. The van der Waals surface area contributed by atoms with Crippen LogP contribution in [0.15, 0.2) is 109 Å². The zero-order chi connectivity index (χ0) is 58.5. The van der Waals surface area contributed by atoms with E-state index in [1.54, 1.807) is 59.5 Å². The van der Waals surface area contributed by atoms with Crippen molar-refractivity contribution >= 4 is 52.0 Å². The van der Waals surface area contributed by atoms with Crippen molar-refractivity contribution in [1.29, 1.82) is 5.26 Å². The van der Waals surface area contributed by atoms with Gasteiger partial charge in [-0.05, 0) is 85.5 Å². The quantitative estimate of drug-likeness (QED) is 0.0298. The first-order valence-electron chi connectivity index (χ1n) is 27.6. The van der Waals surface area contributed by atoms with Gasteiger partial charge < -0.3 is 50.2 Å². The number of benzene rings is 3. The number of rotatable bonds is 23. The Morgan fingerprint density at radius 1 is 0.928 bits per heavy atom. The first kappa shape index (κ1) is 59.0. The van der Waals surface area contributed by atoms with Gasteiger partial charge in [-0.15, -0.1) is 16.4 Å². The van der Waals surface area contributed by atoms with Crippen LogP contribution in [0.1, 0.15) is 69.4 Å². The molecule has 434 valence electrons. The number of carbonyl (C=O) groups excluding carboxylic acids is 4. The Hall–Kier alpha value is -8.63. The summed E-state index contributed by atoms with van der Waals surface area (Å²) in [6.07, 6.45) is 5.48. The highest BCUT2D eigenvalue weighted by Crippen LogP contribution is 2.36. The molecule has 0 saturated carbocycles. The highest BCUT2D eigenvalue weighted by molar-refractivity contribution is 7.13. The van der Waals surface area contributed by atoms with E-state index in [0.29, 0.717) is 79.5 Å². The number of nitrogens with zero attached hydrogens (tertiary/aromatic N) is 11. The smallest absolute Gasteiger partial charge is 0.407 e. The van der Waals surface area contributed by atoms with Crippen LogP contribution in [0, 0.1) is 23.7 Å². The summed E-state index contributed by atoms with van der Waals surface area (Å²) in [5, 5.41) is 40.3. The van der Waals surface area contributed by atoms with Crippen molar-refractivity contribution in [3.05, 3.63) is 125 Å². The minimum atomic E-state index is -1.05. The van der Waals surface area contributed by atoms with Gasteiger partial charge in [0.05, 0.1) is 72.3 Å². The van der Waals surface area contributed by atoms with E-state index < -0.39 is 41.5 Å². The van der Waals surface area contributed by atoms with E-state index in [2.05, 4.69) is 42.0 Å². The maximum Gasteiger partial charge on any atom is 0.407 e. The standard InChI is InChI=1S/C59H68N14O9S/c1-38-51(83-37-65-38)41-17-15-39(16-18-41)32-62-55(75)48-30-45(74)35-72(48)57(77)52(59(2,3)4)66-58(78)81-29-28-80-27-26-79-25-24-71-33-43(67-69-71)11-8-10-42(31-60)56(76)70-23-9-12-44(34-70)73-54-49(53(61)63-36-64-54)50(68-73)40-19-21-47(22-20-40)82-46-13-6-5-7-14-46/h5-7,10,13-22,33,36-37,44-45,48,52,74H,8-9,11-12,23-30,32,34-35H2,1-4H3,(H,62,75)(H,66,78)(H2,61,63,64)/b42-10-/t44-,45-,48+,52-/m1/s1. The van der Waals surface area contributed by atoms with Gasteiger partial charge in [0.1, 0.15) is 59.7 Å². The second-order valence-electron chi connectivity index (χ2n) is 21.4. The Kier molecular flexibility index (Phi) is 19.5. The number of carbonyl (C=O) groups is 4. The molecule has 9 rings (SSSR count). The van der Waals surface area contributed by atoms with Crippen LogP contribution in [-0.4, -0.2) is 149 Å². The van der Waals surface area contributed by atoms with Gasteiger partial charge in [-0.3, -0.25) is 14.4 Å². The minimum absolute atomic E-state index is 0.0505. The van der Waals surface area contributed by atoms with Gasteiger partial charge in [0.25, 0.3) is 5.91 Å². The maximum absolute atomic E-state index is 14.0. The zero-order valence-electron chi connectivity index (χ0n) is 46.8. The first-order valence-corrected chi connectivity index (χ1v) is 28.5. The van der Waals surface area contributed by atoms with E-state index in [-0.39, 0.29) is 63.5 Å². The molecule has 0 bridgehead atoms. The van der Waals surface area contributed by atoms with Crippen molar-refractivity contribution in [2.45, 2.75) is 97.1 Å². The van der Waals surface area contributed by atoms with Crippen molar-refractivity contribution in [2.24, 2.45) is 5.41 Å². The number of allylic oxidation sites excluding steroid dienone is 1. The van der Waals surface area contributed by atoms with Crippen molar-refractivity contribution in [3.8, 4) is 39.3 Å². The molecule has 4 atom stereocenters. The fourth-order valence-corrected chi connectivity index (χ4v) is 10.8. The lowest BCUT2D eigenvalue weighted by Crippen LogP contribution is -2.57. The van der Waals surface area contributed by atoms with Crippen LogP contribution in [-0.2, 0) is 48.1 Å². The number of anilines is 1. The van der Waals surface area contributed by atoms with Crippen LogP contribution < -0.4 is 21.1 Å². The first-order chi connectivity index (χ1) is 40.1. The van der Waals surface area contributed by atoms with Crippen LogP contribution in [0.25, 0.3) is 32.7 Å². The maximum atomic E-state index is 14.0. The van der Waals surface area contributed by atoms with Gasteiger partial charge >= 0.3 is 6.09 Å². The molecular weight excluding hydrogens is 1080 g/mol. The monoisotopic (exact) mass is 1150 g/mol. The summed E-state index contributed by atoms with van der Waals surface area (Å²) in [5.41, 5.74) is 13.0. The molecule has 3 aromatic carbocycles. The van der Waals surface area contributed by atoms with Gasteiger partial charge in [-0.2, -0.15) is 10.4 Å². The fourth-order valence-electron chi connectivity index (χ4n) is 9.99. The summed E-state index contributed by atoms with van der Waals surface area (Å²) >= 11 is 1.56. The number of nitrogens with one attached hydrogen (secondary N) is 2. The second-order valence-corrected chi connectivity index (χ2v) is 22.2. The summed E-state index contributed by atoms with van der Waals surface area (Å²) in [6.45, 7) is 9.57. The number of para-hydroxylation sites is 1.